The van der Waals surface area contributed by atoms with E-state index in [2.05, 4.69) is 5.32 Å². The molecule has 1 aliphatic rings. The summed E-state index contributed by atoms with van der Waals surface area (Å²) in [4.78, 5) is 10.5. The third kappa shape index (κ3) is 2.42. The van der Waals surface area contributed by atoms with Gasteiger partial charge in [0.2, 0.25) is 0 Å². The number of carbonyl (C=O) groups is 1. The van der Waals surface area contributed by atoms with Crippen LogP contribution in [-0.4, -0.2) is 36.3 Å². The maximum Gasteiger partial charge on any atom is 0.453 e. The number of carboxylic acid groups (broad SMARTS) is 1. The van der Waals surface area contributed by atoms with Crippen LogP contribution in [0.25, 0.3) is 0 Å². The van der Waals surface area contributed by atoms with Gasteiger partial charge >= 0.3 is 18.1 Å². The molecule has 16 heavy (non-hydrogen) atoms. The number of aliphatic carboxylic acids is 1. The van der Waals surface area contributed by atoms with E-state index in [1.165, 1.54) is 0 Å². The lowest BCUT2D eigenvalue weighted by molar-refractivity contribution is -0.304. The van der Waals surface area contributed by atoms with E-state index < -0.39 is 42.9 Å². The van der Waals surface area contributed by atoms with E-state index >= 15 is 0 Å². The molecule has 0 aromatic carbocycles. The van der Waals surface area contributed by atoms with Crippen LogP contribution in [0.5, 0.6) is 0 Å². The van der Waals surface area contributed by atoms with E-state index in [1.807, 2.05) is 0 Å². The van der Waals surface area contributed by atoms with Crippen molar-refractivity contribution in [1.29, 1.82) is 0 Å². The molecule has 1 fully saturated rings. The van der Waals surface area contributed by atoms with E-state index in [0.29, 0.717) is 0 Å². The van der Waals surface area contributed by atoms with Gasteiger partial charge in [-0.2, -0.15) is 22.0 Å². The van der Waals surface area contributed by atoms with Gasteiger partial charge in [0.15, 0.2) is 0 Å². The van der Waals surface area contributed by atoms with Crippen molar-refractivity contribution in [3.63, 3.8) is 0 Å². The van der Waals surface area contributed by atoms with E-state index in [1.54, 1.807) is 0 Å². The molecule has 0 bridgehead atoms. The summed E-state index contributed by atoms with van der Waals surface area (Å²) in [5.74, 6) is -9.45. The molecule has 0 aromatic heterocycles. The minimum absolute atomic E-state index is 0.0836. The highest BCUT2D eigenvalue weighted by molar-refractivity contribution is 5.70. The normalized spacial score (nSPS) is 27.8. The summed E-state index contributed by atoms with van der Waals surface area (Å²) < 4.78 is 61.9. The molecule has 0 saturated carbocycles. The van der Waals surface area contributed by atoms with E-state index in [4.69, 9.17) is 5.11 Å². The Morgan fingerprint density at radius 3 is 2.19 bits per heavy atom. The molecule has 2 unspecified atom stereocenters. The van der Waals surface area contributed by atoms with Crippen molar-refractivity contribution >= 4 is 5.97 Å². The number of hydrogen-bond acceptors (Lipinski definition) is 2. The third-order valence-corrected chi connectivity index (χ3v) is 2.59. The molecule has 0 amide bonds. The van der Waals surface area contributed by atoms with Crippen molar-refractivity contribution < 1.29 is 31.9 Å². The lowest BCUT2D eigenvalue weighted by Crippen LogP contribution is -2.52. The van der Waals surface area contributed by atoms with Crippen LogP contribution >= 0.6 is 0 Å². The molecule has 3 nitrogen and oxygen atoms in total. The molecule has 2 atom stereocenters. The van der Waals surface area contributed by atoms with Crippen molar-refractivity contribution in [2.45, 2.75) is 18.5 Å². The largest absolute Gasteiger partial charge is 0.481 e. The van der Waals surface area contributed by atoms with Crippen LogP contribution in [0.15, 0.2) is 0 Å². The smallest absolute Gasteiger partial charge is 0.453 e. The number of rotatable bonds is 2. The lowest BCUT2D eigenvalue weighted by Gasteiger charge is -2.34. The Balaban J connectivity index is 2.77. The molecule has 0 aliphatic carbocycles. The second-order valence-electron chi connectivity index (χ2n) is 3.75. The lowest BCUT2D eigenvalue weighted by atomic mass is 9.86. The van der Waals surface area contributed by atoms with E-state index in [9.17, 15) is 26.7 Å². The number of nitrogens with one attached hydrogen (secondary N) is 1. The van der Waals surface area contributed by atoms with Crippen molar-refractivity contribution in [2.75, 3.05) is 13.1 Å². The van der Waals surface area contributed by atoms with Gasteiger partial charge < -0.3 is 10.4 Å². The first-order chi connectivity index (χ1) is 7.16. The minimum atomic E-state index is -5.64. The molecule has 1 rings (SSSR count). The van der Waals surface area contributed by atoms with Crippen molar-refractivity contribution in [2.24, 2.45) is 11.8 Å². The Kier molecular flexibility index (Phi) is 3.41. The fourth-order valence-corrected chi connectivity index (χ4v) is 1.64. The van der Waals surface area contributed by atoms with Crippen molar-refractivity contribution in [3.8, 4) is 0 Å². The maximum absolute atomic E-state index is 12.9. The van der Waals surface area contributed by atoms with Gasteiger partial charge in [0.05, 0.1) is 5.92 Å². The van der Waals surface area contributed by atoms with Crippen LogP contribution in [-0.2, 0) is 4.79 Å². The first-order valence-electron chi connectivity index (χ1n) is 4.54. The molecule has 0 radical (unpaired) electrons. The molecule has 8 heteroatoms. The second-order valence-corrected chi connectivity index (χ2v) is 3.75. The van der Waals surface area contributed by atoms with Crippen LogP contribution in [0.3, 0.4) is 0 Å². The van der Waals surface area contributed by atoms with E-state index in [0.717, 1.165) is 0 Å². The number of hydrogen-bond donors (Lipinski definition) is 2. The van der Waals surface area contributed by atoms with Crippen LogP contribution in [0, 0.1) is 11.8 Å². The molecule has 94 valence electrons. The third-order valence-electron chi connectivity index (χ3n) is 2.59. The number of piperidine rings is 1. The van der Waals surface area contributed by atoms with Gasteiger partial charge in [0.1, 0.15) is 0 Å². The fraction of sp³-hybridized carbons (Fsp3) is 0.875. The molecule has 1 heterocycles. The summed E-state index contributed by atoms with van der Waals surface area (Å²) >= 11 is 0. The first-order valence-corrected chi connectivity index (χ1v) is 4.54. The second kappa shape index (κ2) is 4.15. The molecule has 2 N–H and O–H groups in total. The Morgan fingerprint density at radius 2 is 1.75 bits per heavy atom. The predicted octanol–water partition coefficient (Wildman–Crippen LogP) is 1.49. The van der Waals surface area contributed by atoms with Gasteiger partial charge in [0.25, 0.3) is 0 Å². The van der Waals surface area contributed by atoms with Gasteiger partial charge in [-0.15, -0.1) is 0 Å². The number of carboxylic acids is 1. The van der Waals surface area contributed by atoms with Gasteiger partial charge in [-0.3, -0.25) is 4.79 Å². The highest BCUT2D eigenvalue weighted by atomic mass is 19.4. The van der Waals surface area contributed by atoms with Crippen molar-refractivity contribution in [3.05, 3.63) is 0 Å². The zero-order valence-corrected chi connectivity index (χ0v) is 8.02. The molecule has 1 saturated heterocycles. The molecular formula is C8H10F5NO2. The van der Waals surface area contributed by atoms with Gasteiger partial charge in [-0.1, -0.05) is 0 Å². The summed E-state index contributed by atoms with van der Waals surface area (Å²) in [5, 5.41) is 10.8. The van der Waals surface area contributed by atoms with Crippen LogP contribution < -0.4 is 5.32 Å². The highest BCUT2D eigenvalue weighted by Gasteiger charge is 2.62. The van der Waals surface area contributed by atoms with Gasteiger partial charge in [0, 0.05) is 19.0 Å². The molecule has 0 aromatic rings. The number of halogens is 5. The number of alkyl halides is 5. The summed E-state index contributed by atoms with van der Waals surface area (Å²) in [6.07, 6.45) is -6.31. The first kappa shape index (κ1) is 13.1. The predicted molar refractivity (Wildman–Crippen MR) is 43.1 cm³/mol. The van der Waals surface area contributed by atoms with Gasteiger partial charge in [-0.05, 0) is 6.42 Å². The zero-order valence-electron chi connectivity index (χ0n) is 8.02. The highest BCUT2D eigenvalue weighted by Crippen LogP contribution is 2.44. The topological polar surface area (TPSA) is 49.3 Å². The Morgan fingerprint density at radius 1 is 1.19 bits per heavy atom. The monoisotopic (exact) mass is 247 g/mol. The quantitative estimate of drug-likeness (QED) is 0.727. The Bertz CT molecular complexity index is 278. The SMILES string of the molecule is O=C(O)C1CNCC(C(F)(F)C(F)(F)F)C1. The molecule has 0 spiro atoms. The molecule has 1 aliphatic heterocycles. The Labute approximate surface area is 87.6 Å². The maximum atomic E-state index is 12.9. The minimum Gasteiger partial charge on any atom is -0.481 e. The fourth-order valence-electron chi connectivity index (χ4n) is 1.64. The average molecular weight is 247 g/mol. The van der Waals surface area contributed by atoms with Crippen molar-refractivity contribution in [1.82, 2.24) is 5.32 Å². The Hall–Kier alpha value is -0.920. The summed E-state index contributed by atoms with van der Waals surface area (Å²) in [6, 6.07) is 0. The average Bonchev–Trinajstić information content (AvgIpc) is 2.16. The summed E-state index contributed by atoms with van der Waals surface area (Å²) in [5.41, 5.74) is 0. The standard InChI is InChI=1S/C8H10F5NO2/c9-7(10,8(11,12)13)5-1-4(6(15)16)2-14-3-5/h4-5,14H,1-3H2,(H,15,16). The molecular weight excluding hydrogens is 237 g/mol. The van der Waals surface area contributed by atoms with Crippen LogP contribution in [0.1, 0.15) is 6.42 Å². The zero-order chi connectivity index (χ0) is 12.6. The van der Waals surface area contributed by atoms with E-state index in [-0.39, 0.29) is 6.54 Å². The van der Waals surface area contributed by atoms with Crippen LogP contribution in [0.4, 0.5) is 22.0 Å². The van der Waals surface area contributed by atoms with Gasteiger partial charge in [-0.25, -0.2) is 0 Å². The summed E-state index contributed by atoms with van der Waals surface area (Å²) in [6.45, 7) is -0.615. The summed E-state index contributed by atoms with van der Waals surface area (Å²) in [7, 11) is 0. The van der Waals surface area contributed by atoms with Crippen LogP contribution in [0.2, 0.25) is 0 Å².